The van der Waals surface area contributed by atoms with Crippen LogP contribution in [0.2, 0.25) is 0 Å². The molecule has 2 aliphatic carbocycles. The number of fused-ring (bicyclic) bond motifs is 2. The Bertz CT molecular complexity index is 1700. The number of hydrogen-bond acceptors (Lipinski definition) is 6. The number of para-hydroxylation sites is 1. The Morgan fingerprint density at radius 3 is 2.56 bits per heavy atom. The molecule has 6 rings (SSSR count). The first-order valence-electron chi connectivity index (χ1n) is 19.0. The van der Waals surface area contributed by atoms with Gasteiger partial charge in [0.1, 0.15) is 17.1 Å². The van der Waals surface area contributed by atoms with E-state index in [1.54, 1.807) is 0 Å². The van der Waals surface area contributed by atoms with Crippen LogP contribution >= 0.6 is 0 Å². The number of allylic oxidation sites excluding steroid dienone is 2. The predicted molar refractivity (Wildman–Crippen MR) is 192 cm³/mol. The first-order valence-corrected chi connectivity index (χ1v) is 19.0. The van der Waals surface area contributed by atoms with Crippen LogP contribution in [0.15, 0.2) is 60.8 Å². The van der Waals surface area contributed by atoms with E-state index in [1.807, 2.05) is 36.4 Å². The van der Waals surface area contributed by atoms with E-state index < -0.39 is 40.6 Å². The summed E-state index contributed by atoms with van der Waals surface area (Å²) in [6, 6.07) is 10.6. The Labute approximate surface area is 305 Å². The summed E-state index contributed by atoms with van der Waals surface area (Å²) in [5, 5.41) is 10.6. The van der Waals surface area contributed by atoms with Crippen molar-refractivity contribution in [1.29, 1.82) is 5.26 Å². The van der Waals surface area contributed by atoms with Gasteiger partial charge in [0.15, 0.2) is 0 Å². The lowest BCUT2D eigenvalue weighted by Gasteiger charge is -2.43. The zero-order valence-electron chi connectivity index (χ0n) is 30.2. The maximum absolute atomic E-state index is 14.4. The van der Waals surface area contributed by atoms with Crippen LogP contribution in [0.4, 0.5) is 13.2 Å². The highest BCUT2D eigenvalue weighted by atomic mass is 19.4. The fourth-order valence-electron chi connectivity index (χ4n) is 9.01. The third-order valence-corrected chi connectivity index (χ3v) is 12.3. The molecule has 0 bridgehead atoms. The number of rotatable bonds is 9. The van der Waals surface area contributed by atoms with Crippen LogP contribution in [0.5, 0.6) is 11.6 Å². The summed E-state index contributed by atoms with van der Waals surface area (Å²) in [5.74, 6) is -1.24. The molecule has 1 saturated heterocycles. The molecule has 52 heavy (non-hydrogen) atoms. The number of ketones is 1. The fraction of sp³-hybridized carbons (Fsp3) is 0.571. The molecule has 7 nitrogen and oxygen atoms in total. The summed E-state index contributed by atoms with van der Waals surface area (Å²) < 4.78 is 54.7. The van der Waals surface area contributed by atoms with Gasteiger partial charge in [-0.3, -0.25) is 9.59 Å². The third kappa shape index (κ3) is 7.65. The standard InChI is InChI=1S/C42H50F3N3O4/c1-29(2)40(19-10-20-40)21-11-27-51-35-15-7-6-13-32(35)41(28-46)22-16-30(17-23-41)37(49)31-12-9-25-48-34(31)14-5-3-4-8-26-52-38-36(39(48)50)33(18-24-47-38)42(43,44)45/h3,5-7,13,15,18,24,30-31,34H,1,4,8-12,14,16-17,19-23,25-27H2,2H3/b5-3-. The lowest BCUT2D eigenvalue weighted by Crippen LogP contribution is -2.52. The fourth-order valence-corrected chi connectivity index (χ4v) is 9.01. The summed E-state index contributed by atoms with van der Waals surface area (Å²) >= 11 is 0. The Morgan fingerprint density at radius 1 is 1.10 bits per heavy atom. The topological polar surface area (TPSA) is 92.5 Å². The second kappa shape index (κ2) is 15.9. The van der Waals surface area contributed by atoms with E-state index in [0.717, 1.165) is 30.7 Å². The number of carbonyl (C=O) groups excluding carboxylic acids is 2. The van der Waals surface area contributed by atoms with E-state index in [-0.39, 0.29) is 36.1 Å². The molecule has 0 radical (unpaired) electrons. The highest BCUT2D eigenvalue weighted by molar-refractivity contribution is 5.99. The number of alkyl halides is 3. The average Bonchev–Trinajstić information content (AvgIpc) is 3.12. The van der Waals surface area contributed by atoms with E-state index in [4.69, 9.17) is 9.47 Å². The molecule has 2 aliphatic heterocycles. The number of piperidine rings is 1. The van der Waals surface area contributed by atoms with Gasteiger partial charge in [0.05, 0.1) is 30.3 Å². The molecule has 2 saturated carbocycles. The van der Waals surface area contributed by atoms with Crippen molar-refractivity contribution >= 4 is 11.7 Å². The quantitative estimate of drug-likeness (QED) is 0.190. The van der Waals surface area contributed by atoms with Crippen LogP contribution in [0.3, 0.4) is 0 Å². The highest BCUT2D eigenvalue weighted by Crippen LogP contribution is 2.50. The average molecular weight is 718 g/mol. The van der Waals surface area contributed by atoms with Crippen molar-refractivity contribution < 1.29 is 32.2 Å². The number of nitrogens with zero attached hydrogens (tertiary/aromatic N) is 3. The van der Waals surface area contributed by atoms with Crippen molar-refractivity contribution in [1.82, 2.24) is 9.88 Å². The normalized spacial score (nSPS) is 26.9. The van der Waals surface area contributed by atoms with Gasteiger partial charge in [0, 0.05) is 36.2 Å². The molecule has 3 fully saturated rings. The number of pyridine rings is 1. The van der Waals surface area contributed by atoms with Crippen molar-refractivity contribution in [3.8, 4) is 17.7 Å². The van der Waals surface area contributed by atoms with Gasteiger partial charge in [-0.25, -0.2) is 4.98 Å². The van der Waals surface area contributed by atoms with Crippen LogP contribution in [-0.2, 0) is 16.4 Å². The van der Waals surface area contributed by atoms with Crippen molar-refractivity contribution in [2.75, 3.05) is 19.8 Å². The number of aromatic nitrogens is 1. The van der Waals surface area contributed by atoms with Crippen LogP contribution in [0, 0.1) is 28.6 Å². The monoisotopic (exact) mass is 717 g/mol. The van der Waals surface area contributed by atoms with Crippen molar-refractivity contribution in [2.24, 2.45) is 17.3 Å². The Hall–Kier alpha value is -4.13. The lowest BCUT2D eigenvalue weighted by molar-refractivity contribution is -0.138. The second-order valence-corrected chi connectivity index (χ2v) is 15.3. The number of nitriles is 1. The number of ether oxygens (including phenoxy) is 2. The zero-order chi connectivity index (χ0) is 36.9. The maximum atomic E-state index is 14.4. The van der Waals surface area contributed by atoms with Crippen LogP contribution in [-0.4, -0.2) is 47.4 Å². The lowest BCUT2D eigenvalue weighted by atomic mass is 9.62. The van der Waals surface area contributed by atoms with Gasteiger partial charge in [-0.15, -0.1) is 0 Å². The summed E-state index contributed by atoms with van der Waals surface area (Å²) in [5.41, 5.74) is -0.132. The van der Waals surface area contributed by atoms with Crippen LogP contribution < -0.4 is 9.47 Å². The molecule has 1 amide bonds. The summed E-state index contributed by atoms with van der Waals surface area (Å²) in [6.07, 6.45) is 10.3. The summed E-state index contributed by atoms with van der Waals surface area (Å²) in [7, 11) is 0. The number of Topliss-reactive ketones (excluding diaryl/α,β-unsaturated/α-hetero) is 1. The minimum atomic E-state index is -4.79. The van der Waals surface area contributed by atoms with Gasteiger partial charge in [-0.2, -0.15) is 18.4 Å². The molecule has 0 N–H and O–H groups in total. The third-order valence-electron chi connectivity index (χ3n) is 12.3. The van der Waals surface area contributed by atoms with Gasteiger partial charge >= 0.3 is 6.18 Å². The Kier molecular flexibility index (Phi) is 11.5. The van der Waals surface area contributed by atoms with Crippen molar-refractivity contribution in [3.05, 3.63) is 77.5 Å². The summed E-state index contributed by atoms with van der Waals surface area (Å²) in [6.45, 7) is 7.27. The molecular weight excluding hydrogens is 667 g/mol. The summed E-state index contributed by atoms with van der Waals surface area (Å²) in [4.78, 5) is 34.0. The van der Waals surface area contributed by atoms with Gasteiger partial charge < -0.3 is 14.4 Å². The predicted octanol–water partition coefficient (Wildman–Crippen LogP) is 9.57. The molecule has 10 heteroatoms. The zero-order valence-corrected chi connectivity index (χ0v) is 30.2. The van der Waals surface area contributed by atoms with E-state index in [1.165, 1.54) is 29.7 Å². The highest BCUT2D eigenvalue weighted by Gasteiger charge is 2.47. The number of hydrogen-bond donors (Lipinski definition) is 0. The SMILES string of the molecule is C=C(C)C1(CCCOc2ccccc2C2(C#N)CCC(C(=O)C3CCCN4C(=O)c5c(C(F)(F)F)ccnc5OCCC/C=C\CC34)CC2)CCC1. The maximum Gasteiger partial charge on any atom is 0.417 e. The van der Waals surface area contributed by atoms with Crippen molar-refractivity contribution in [2.45, 2.75) is 114 Å². The number of halogens is 3. The first kappa shape index (κ1) is 37.6. The minimum absolute atomic E-state index is 0.0280. The molecule has 4 aliphatic rings. The van der Waals surface area contributed by atoms with Gasteiger partial charge in [0.2, 0.25) is 5.88 Å². The van der Waals surface area contributed by atoms with Gasteiger partial charge in [-0.1, -0.05) is 48.9 Å². The number of amides is 1. The van der Waals surface area contributed by atoms with E-state index >= 15 is 0 Å². The van der Waals surface area contributed by atoms with Gasteiger partial charge in [0.25, 0.3) is 5.91 Å². The smallest absolute Gasteiger partial charge is 0.417 e. The van der Waals surface area contributed by atoms with E-state index in [9.17, 15) is 28.0 Å². The van der Waals surface area contributed by atoms with Gasteiger partial charge in [-0.05, 0) is 108 Å². The molecule has 0 spiro atoms. The molecule has 1 aromatic heterocycles. The number of benzene rings is 1. The second-order valence-electron chi connectivity index (χ2n) is 15.3. The number of carbonyl (C=O) groups is 2. The molecule has 278 valence electrons. The minimum Gasteiger partial charge on any atom is -0.493 e. The largest absolute Gasteiger partial charge is 0.493 e. The van der Waals surface area contributed by atoms with E-state index in [2.05, 4.69) is 24.6 Å². The Balaban J connectivity index is 1.18. The van der Waals surface area contributed by atoms with Crippen molar-refractivity contribution in [3.63, 3.8) is 0 Å². The first-order chi connectivity index (χ1) is 25.0. The van der Waals surface area contributed by atoms with Crippen LogP contribution in [0.1, 0.15) is 118 Å². The Morgan fingerprint density at radius 2 is 1.87 bits per heavy atom. The molecule has 2 atom stereocenters. The molecular formula is C42H50F3N3O4. The van der Waals surface area contributed by atoms with E-state index in [0.29, 0.717) is 70.1 Å². The molecule has 3 heterocycles. The molecule has 1 aromatic carbocycles. The molecule has 2 unspecified atom stereocenters. The van der Waals surface area contributed by atoms with Crippen LogP contribution in [0.25, 0.3) is 0 Å². The molecule has 2 aromatic rings.